The second-order valence-electron chi connectivity index (χ2n) is 5.44. The van der Waals surface area contributed by atoms with Crippen molar-refractivity contribution in [3.8, 4) is 33.8 Å². The maximum Gasteiger partial charge on any atom is 0.0893 e. The third kappa shape index (κ3) is 2.92. The van der Waals surface area contributed by atoms with Gasteiger partial charge in [-0.15, -0.1) is 0 Å². The smallest absolute Gasteiger partial charge is 0.0893 e. The van der Waals surface area contributed by atoms with Crippen LogP contribution in [0.2, 0.25) is 0 Å². The average molecular weight is 309 g/mol. The minimum atomic E-state index is 0.863. The summed E-state index contributed by atoms with van der Waals surface area (Å²) >= 11 is 0. The summed E-state index contributed by atoms with van der Waals surface area (Å²) < 4.78 is 0. The van der Waals surface area contributed by atoms with Crippen LogP contribution >= 0.6 is 0 Å². The molecule has 0 N–H and O–H groups in total. The van der Waals surface area contributed by atoms with Crippen molar-refractivity contribution in [3.63, 3.8) is 0 Å². The van der Waals surface area contributed by atoms with E-state index in [9.17, 15) is 0 Å². The van der Waals surface area contributed by atoms with Crippen molar-refractivity contribution in [3.05, 3.63) is 91.4 Å². The molecule has 0 saturated heterocycles. The van der Waals surface area contributed by atoms with Crippen LogP contribution in [0.5, 0.6) is 0 Å². The molecule has 0 atom stereocenters. The second kappa shape index (κ2) is 6.42. The summed E-state index contributed by atoms with van der Waals surface area (Å²) in [5.41, 5.74) is 6.00. The highest BCUT2D eigenvalue weighted by atomic mass is 14.8. The zero-order chi connectivity index (χ0) is 16.2. The molecule has 0 saturated carbocycles. The van der Waals surface area contributed by atoms with Crippen molar-refractivity contribution >= 4 is 0 Å². The van der Waals surface area contributed by atoms with Crippen LogP contribution in [0.15, 0.2) is 91.4 Å². The molecule has 1 aromatic carbocycles. The first-order valence-electron chi connectivity index (χ1n) is 7.79. The van der Waals surface area contributed by atoms with E-state index in [1.54, 1.807) is 12.4 Å². The normalized spacial score (nSPS) is 10.5. The van der Waals surface area contributed by atoms with Crippen LogP contribution in [0, 0.1) is 0 Å². The predicted molar refractivity (Wildman–Crippen MR) is 96.1 cm³/mol. The van der Waals surface area contributed by atoms with Gasteiger partial charge in [0.1, 0.15) is 0 Å². The Hall–Kier alpha value is -3.33. The Balaban J connectivity index is 1.75. The Kier molecular flexibility index (Phi) is 3.82. The number of pyridine rings is 3. The largest absolute Gasteiger partial charge is 0.265 e. The highest BCUT2D eigenvalue weighted by molar-refractivity contribution is 5.70. The predicted octanol–water partition coefficient (Wildman–Crippen LogP) is 4.87. The van der Waals surface area contributed by atoms with E-state index in [2.05, 4.69) is 28.2 Å². The number of benzene rings is 1. The molecular weight excluding hydrogens is 294 g/mol. The third-order valence-corrected chi connectivity index (χ3v) is 3.85. The molecule has 3 heterocycles. The van der Waals surface area contributed by atoms with Crippen LogP contribution < -0.4 is 0 Å². The van der Waals surface area contributed by atoms with E-state index in [1.807, 2.05) is 60.8 Å². The Labute approximate surface area is 140 Å². The summed E-state index contributed by atoms with van der Waals surface area (Å²) in [5.74, 6) is 0. The van der Waals surface area contributed by atoms with Gasteiger partial charge in [-0.2, -0.15) is 0 Å². The maximum absolute atomic E-state index is 4.77. The number of nitrogens with zero attached hydrogens (tertiary/aromatic N) is 3. The van der Waals surface area contributed by atoms with Crippen molar-refractivity contribution in [1.82, 2.24) is 15.0 Å². The first-order valence-corrected chi connectivity index (χ1v) is 7.79. The van der Waals surface area contributed by atoms with Crippen molar-refractivity contribution in [2.75, 3.05) is 0 Å². The number of aromatic nitrogens is 3. The summed E-state index contributed by atoms with van der Waals surface area (Å²) in [6.45, 7) is 0. The van der Waals surface area contributed by atoms with Gasteiger partial charge in [0.2, 0.25) is 0 Å². The van der Waals surface area contributed by atoms with Gasteiger partial charge < -0.3 is 0 Å². The highest BCUT2D eigenvalue weighted by Gasteiger charge is 2.06. The number of rotatable bonds is 3. The monoisotopic (exact) mass is 309 g/mol. The standard InChI is InChI=1S/C21H15N3/c1-2-5-17(6-3-1)19-7-4-8-20(24-19)21-15-18(11-14-23-21)16-9-12-22-13-10-16/h1-15H. The van der Waals surface area contributed by atoms with Crippen LogP contribution in [-0.4, -0.2) is 15.0 Å². The molecule has 114 valence electrons. The van der Waals surface area contributed by atoms with Gasteiger partial charge in [-0.05, 0) is 47.5 Å². The molecule has 0 fully saturated rings. The Bertz CT molecular complexity index is 870. The van der Waals surface area contributed by atoms with Crippen LogP contribution in [0.4, 0.5) is 0 Å². The molecule has 0 aliphatic heterocycles. The van der Waals surface area contributed by atoms with Crippen LogP contribution in [0.1, 0.15) is 0 Å². The van der Waals surface area contributed by atoms with Crippen molar-refractivity contribution in [1.29, 1.82) is 0 Å². The molecule has 0 amide bonds. The maximum atomic E-state index is 4.77. The number of hydrogen-bond donors (Lipinski definition) is 0. The summed E-state index contributed by atoms with van der Waals surface area (Å²) in [7, 11) is 0. The minimum Gasteiger partial charge on any atom is -0.265 e. The average Bonchev–Trinajstić information content (AvgIpc) is 2.70. The SMILES string of the molecule is c1ccc(-c2cccc(-c3cc(-c4ccncc4)ccn3)n2)cc1. The first-order chi connectivity index (χ1) is 11.9. The lowest BCUT2D eigenvalue weighted by Crippen LogP contribution is -1.91. The summed E-state index contributed by atoms with van der Waals surface area (Å²) in [5, 5.41) is 0. The molecule has 3 heteroatoms. The molecule has 0 unspecified atom stereocenters. The van der Waals surface area contributed by atoms with Gasteiger partial charge in [0.05, 0.1) is 17.1 Å². The Morgan fingerprint density at radius 3 is 2.08 bits per heavy atom. The summed E-state index contributed by atoms with van der Waals surface area (Å²) in [4.78, 5) is 13.3. The van der Waals surface area contributed by atoms with E-state index < -0.39 is 0 Å². The zero-order valence-corrected chi connectivity index (χ0v) is 13.0. The van der Waals surface area contributed by atoms with Gasteiger partial charge in [0.15, 0.2) is 0 Å². The van der Waals surface area contributed by atoms with Gasteiger partial charge >= 0.3 is 0 Å². The number of hydrogen-bond acceptors (Lipinski definition) is 3. The van der Waals surface area contributed by atoms with E-state index in [-0.39, 0.29) is 0 Å². The van der Waals surface area contributed by atoms with Crippen molar-refractivity contribution < 1.29 is 0 Å². The lowest BCUT2D eigenvalue weighted by atomic mass is 10.1. The van der Waals surface area contributed by atoms with Crippen molar-refractivity contribution in [2.45, 2.75) is 0 Å². The Morgan fingerprint density at radius 1 is 0.500 bits per heavy atom. The molecule has 3 nitrogen and oxygen atoms in total. The van der Waals surface area contributed by atoms with Crippen LogP contribution in [0.3, 0.4) is 0 Å². The molecule has 24 heavy (non-hydrogen) atoms. The molecule has 0 bridgehead atoms. The Morgan fingerprint density at radius 2 is 1.25 bits per heavy atom. The lowest BCUT2D eigenvalue weighted by Gasteiger charge is -2.06. The molecule has 0 radical (unpaired) electrons. The molecule has 4 aromatic rings. The van der Waals surface area contributed by atoms with Gasteiger partial charge in [0.25, 0.3) is 0 Å². The first kappa shape index (κ1) is 14.3. The summed E-state index contributed by atoms with van der Waals surface area (Å²) in [6.07, 6.45) is 5.41. The molecule has 0 aliphatic rings. The molecule has 4 rings (SSSR count). The summed E-state index contributed by atoms with van der Waals surface area (Å²) in [6, 6.07) is 24.2. The topological polar surface area (TPSA) is 38.7 Å². The fourth-order valence-electron chi connectivity index (χ4n) is 2.64. The van der Waals surface area contributed by atoms with Crippen LogP contribution in [-0.2, 0) is 0 Å². The van der Waals surface area contributed by atoms with Gasteiger partial charge in [0, 0.05) is 24.2 Å². The zero-order valence-electron chi connectivity index (χ0n) is 13.0. The van der Waals surface area contributed by atoms with Gasteiger partial charge in [-0.1, -0.05) is 36.4 Å². The van der Waals surface area contributed by atoms with E-state index in [1.165, 1.54) is 0 Å². The van der Waals surface area contributed by atoms with E-state index in [0.29, 0.717) is 0 Å². The third-order valence-electron chi connectivity index (χ3n) is 3.85. The molecule has 0 aliphatic carbocycles. The fraction of sp³-hybridized carbons (Fsp3) is 0. The van der Waals surface area contributed by atoms with E-state index in [0.717, 1.165) is 33.8 Å². The van der Waals surface area contributed by atoms with Gasteiger partial charge in [-0.3, -0.25) is 9.97 Å². The molecule has 0 spiro atoms. The van der Waals surface area contributed by atoms with Crippen LogP contribution in [0.25, 0.3) is 33.8 Å². The van der Waals surface area contributed by atoms with E-state index in [4.69, 9.17) is 4.98 Å². The second-order valence-corrected chi connectivity index (χ2v) is 5.44. The molecular formula is C21H15N3. The quantitative estimate of drug-likeness (QED) is 0.542. The molecule has 3 aromatic heterocycles. The van der Waals surface area contributed by atoms with E-state index >= 15 is 0 Å². The van der Waals surface area contributed by atoms with Gasteiger partial charge in [-0.25, -0.2) is 4.98 Å². The van der Waals surface area contributed by atoms with Crippen molar-refractivity contribution in [2.24, 2.45) is 0 Å². The lowest BCUT2D eigenvalue weighted by molar-refractivity contribution is 1.25. The minimum absolute atomic E-state index is 0.863. The fourth-order valence-corrected chi connectivity index (χ4v) is 2.64. The highest BCUT2D eigenvalue weighted by Crippen LogP contribution is 2.25.